The van der Waals surface area contributed by atoms with E-state index in [1.54, 1.807) is 0 Å². The minimum atomic E-state index is -3.49. The minimum absolute atomic E-state index is 0.0750. The molecular weight excluding hydrogens is 230 g/mol. The molecule has 1 fully saturated rings. The maximum Gasteiger partial charge on any atom is 0.260 e. The third-order valence-electron chi connectivity index (χ3n) is 2.75. The van der Waals surface area contributed by atoms with E-state index in [-0.39, 0.29) is 18.1 Å². The highest BCUT2D eigenvalue weighted by molar-refractivity contribution is 7.89. The van der Waals surface area contributed by atoms with Crippen molar-refractivity contribution in [3.05, 3.63) is 12.3 Å². The molecule has 2 N–H and O–H groups in total. The number of rotatable bonds is 4. The lowest BCUT2D eigenvalue weighted by atomic mass is 9.92. The number of nitrogens with one attached hydrogen (secondary N) is 1. The van der Waals surface area contributed by atoms with Crippen LogP contribution in [0.3, 0.4) is 0 Å². The van der Waals surface area contributed by atoms with E-state index in [1.807, 2.05) is 6.92 Å². The van der Waals surface area contributed by atoms with Crippen LogP contribution in [0.4, 0.5) is 0 Å². The molecule has 0 bridgehead atoms. The van der Waals surface area contributed by atoms with Gasteiger partial charge in [-0.25, -0.2) is 8.42 Å². The Morgan fingerprint density at radius 3 is 2.81 bits per heavy atom. The lowest BCUT2D eigenvalue weighted by molar-refractivity contribution is -0.0654. The van der Waals surface area contributed by atoms with Gasteiger partial charge in [0.2, 0.25) is 0 Å². The second-order valence-electron chi connectivity index (χ2n) is 4.17. The summed E-state index contributed by atoms with van der Waals surface area (Å²) in [6.45, 7) is 2.30. The number of hydrogen-bond donors (Lipinski definition) is 2. The summed E-state index contributed by atoms with van der Waals surface area (Å²) in [6, 6.07) is 1.41. The van der Waals surface area contributed by atoms with Crippen molar-refractivity contribution in [2.24, 2.45) is 0 Å². The van der Waals surface area contributed by atoms with Crippen molar-refractivity contribution in [1.82, 2.24) is 14.5 Å². The van der Waals surface area contributed by atoms with Crippen molar-refractivity contribution in [2.75, 3.05) is 13.1 Å². The number of aromatic amines is 1. The summed E-state index contributed by atoms with van der Waals surface area (Å²) < 4.78 is 25.1. The van der Waals surface area contributed by atoms with E-state index in [9.17, 15) is 13.5 Å². The summed E-state index contributed by atoms with van der Waals surface area (Å²) in [5, 5.41) is 16.0. The van der Waals surface area contributed by atoms with Gasteiger partial charge in [-0.1, -0.05) is 13.3 Å². The molecule has 0 aromatic carbocycles. The summed E-state index contributed by atoms with van der Waals surface area (Å²) in [5.41, 5.74) is -0.845. The van der Waals surface area contributed by atoms with E-state index in [0.717, 1.165) is 6.42 Å². The number of aromatic nitrogens is 2. The molecule has 1 aliphatic heterocycles. The number of aliphatic hydroxyl groups is 1. The van der Waals surface area contributed by atoms with E-state index in [1.165, 1.54) is 16.6 Å². The molecule has 1 saturated heterocycles. The first-order valence-electron chi connectivity index (χ1n) is 5.20. The Bertz CT molecular complexity index is 448. The van der Waals surface area contributed by atoms with E-state index in [2.05, 4.69) is 10.2 Å². The van der Waals surface area contributed by atoms with Gasteiger partial charge in [-0.3, -0.25) is 5.10 Å². The van der Waals surface area contributed by atoms with Crippen LogP contribution >= 0.6 is 0 Å². The molecule has 90 valence electrons. The molecule has 0 unspecified atom stereocenters. The van der Waals surface area contributed by atoms with Crippen molar-refractivity contribution >= 4 is 10.0 Å². The molecule has 1 aromatic rings. The van der Waals surface area contributed by atoms with Crippen LogP contribution < -0.4 is 0 Å². The van der Waals surface area contributed by atoms with Gasteiger partial charge in [0.25, 0.3) is 10.0 Å². The third kappa shape index (κ3) is 1.85. The van der Waals surface area contributed by atoms with Gasteiger partial charge < -0.3 is 5.11 Å². The molecule has 6 nitrogen and oxygen atoms in total. The maximum atomic E-state index is 11.9. The topological polar surface area (TPSA) is 86.3 Å². The zero-order chi connectivity index (χ0) is 11.8. The fourth-order valence-corrected chi connectivity index (χ4v) is 3.43. The highest BCUT2D eigenvalue weighted by Gasteiger charge is 2.46. The van der Waals surface area contributed by atoms with E-state index < -0.39 is 15.6 Å². The Morgan fingerprint density at radius 2 is 2.31 bits per heavy atom. The van der Waals surface area contributed by atoms with Gasteiger partial charge in [0.15, 0.2) is 5.03 Å². The largest absolute Gasteiger partial charge is 0.387 e. The van der Waals surface area contributed by atoms with Crippen LogP contribution in [0.1, 0.15) is 19.8 Å². The fourth-order valence-electron chi connectivity index (χ4n) is 1.93. The van der Waals surface area contributed by atoms with Gasteiger partial charge in [-0.2, -0.15) is 9.40 Å². The minimum Gasteiger partial charge on any atom is -0.387 e. The molecule has 1 aliphatic rings. The quantitative estimate of drug-likeness (QED) is 0.778. The highest BCUT2D eigenvalue weighted by Crippen LogP contribution is 2.30. The molecule has 0 radical (unpaired) electrons. The Balaban J connectivity index is 2.08. The molecule has 0 saturated carbocycles. The Morgan fingerprint density at radius 1 is 1.62 bits per heavy atom. The number of β-amino-alcohol motifs (C(OH)–C–C–N with tert-alkyl or cyclic N) is 1. The summed E-state index contributed by atoms with van der Waals surface area (Å²) in [7, 11) is -3.49. The lowest BCUT2D eigenvalue weighted by Gasteiger charge is -2.45. The van der Waals surface area contributed by atoms with Crippen molar-refractivity contribution in [3.8, 4) is 0 Å². The normalized spacial score (nSPS) is 20.6. The van der Waals surface area contributed by atoms with Crippen molar-refractivity contribution in [3.63, 3.8) is 0 Å². The molecule has 0 spiro atoms. The molecule has 0 aliphatic carbocycles. The van der Waals surface area contributed by atoms with Crippen molar-refractivity contribution in [2.45, 2.75) is 30.4 Å². The van der Waals surface area contributed by atoms with E-state index >= 15 is 0 Å². The monoisotopic (exact) mass is 245 g/mol. The smallest absolute Gasteiger partial charge is 0.260 e. The van der Waals surface area contributed by atoms with Gasteiger partial charge in [0, 0.05) is 13.1 Å². The van der Waals surface area contributed by atoms with Crippen LogP contribution in [0.2, 0.25) is 0 Å². The number of hydrogen-bond acceptors (Lipinski definition) is 4. The van der Waals surface area contributed by atoms with Gasteiger partial charge in [-0.05, 0) is 12.5 Å². The average Bonchev–Trinajstić information content (AvgIpc) is 2.67. The predicted octanol–water partition coefficient (Wildman–Crippen LogP) is -0.0548. The second-order valence-corrected chi connectivity index (χ2v) is 6.07. The molecule has 16 heavy (non-hydrogen) atoms. The predicted molar refractivity (Wildman–Crippen MR) is 57.2 cm³/mol. The van der Waals surface area contributed by atoms with E-state index in [0.29, 0.717) is 6.42 Å². The van der Waals surface area contributed by atoms with Crippen molar-refractivity contribution in [1.29, 1.82) is 0 Å². The third-order valence-corrected chi connectivity index (χ3v) is 4.47. The zero-order valence-electron chi connectivity index (χ0n) is 9.05. The van der Waals surface area contributed by atoms with Gasteiger partial charge in [0.1, 0.15) is 0 Å². The Labute approximate surface area is 94.3 Å². The molecule has 2 heterocycles. The molecule has 1 aromatic heterocycles. The van der Waals surface area contributed by atoms with Crippen LogP contribution in [0.15, 0.2) is 17.3 Å². The molecule has 0 atom stereocenters. The van der Waals surface area contributed by atoms with Gasteiger partial charge in [-0.15, -0.1) is 0 Å². The van der Waals surface area contributed by atoms with Gasteiger partial charge in [0.05, 0.1) is 11.8 Å². The first kappa shape index (κ1) is 11.6. The van der Waals surface area contributed by atoms with Crippen LogP contribution in [0.25, 0.3) is 0 Å². The van der Waals surface area contributed by atoms with Gasteiger partial charge >= 0.3 is 0 Å². The summed E-state index contributed by atoms with van der Waals surface area (Å²) in [4.78, 5) is 0. The van der Waals surface area contributed by atoms with Crippen LogP contribution in [-0.4, -0.2) is 46.7 Å². The SMILES string of the molecule is CCCC1(O)CN(S(=O)(=O)c2ccn[nH]2)C1. The van der Waals surface area contributed by atoms with E-state index in [4.69, 9.17) is 0 Å². The van der Waals surface area contributed by atoms with Crippen LogP contribution in [-0.2, 0) is 10.0 Å². The zero-order valence-corrected chi connectivity index (χ0v) is 9.87. The summed E-state index contributed by atoms with van der Waals surface area (Å²) in [6.07, 6.45) is 2.86. The number of nitrogens with zero attached hydrogens (tertiary/aromatic N) is 2. The fraction of sp³-hybridized carbons (Fsp3) is 0.667. The highest BCUT2D eigenvalue weighted by atomic mass is 32.2. The molecular formula is C9H15N3O3S. The van der Waals surface area contributed by atoms with Crippen LogP contribution in [0, 0.1) is 0 Å². The standard InChI is InChI=1S/C9H15N3O3S/c1-2-4-9(13)6-12(7-9)16(14,15)8-3-5-10-11-8/h3,5,13H,2,4,6-7H2,1H3,(H,10,11). The maximum absolute atomic E-state index is 11.9. The molecule has 7 heteroatoms. The second kappa shape index (κ2) is 3.83. The number of H-pyrrole nitrogens is 1. The first-order valence-corrected chi connectivity index (χ1v) is 6.64. The summed E-state index contributed by atoms with van der Waals surface area (Å²) in [5.74, 6) is 0. The molecule has 2 rings (SSSR count). The molecule has 0 amide bonds. The van der Waals surface area contributed by atoms with Crippen LogP contribution in [0.5, 0.6) is 0 Å². The average molecular weight is 245 g/mol. The Hall–Kier alpha value is -0.920. The first-order chi connectivity index (χ1) is 7.48. The summed E-state index contributed by atoms with van der Waals surface area (Å²) >= 11 is 0. The number of sulfonamides is 1. The Kier molecular flexibility index (Phi) is 2.77. The lowest BCUT2D eigenvalue weighted by Crippen LogP contribution is -2.63. The van der Waals surface area contributed by atoms with Crippen molar-refractivity contribution < 1.29 is 13.5 Å².